The number of aryl methyl sites for hydroxylation is 3. The van der Waals surface area contributed by atoms with Crippen molar-refractivity contribution in [2.24, 2.45) is 0 Å². The number of benzene rings is 2. The Morgan fingerprint density at radius 2 is 1.72 bits per heavy atom. The van der Waals surface area contributed by atoms with Crippen molar-refractivity contribution in [2.75, 3.05) is 5.32 Å². The van der Waals surface area contributed by atoms with Crippen LogP contribution in [0.1, 0.15) is 28.1 Å². The van der Waals surface area contributed by atoms with Gasteiger partial charge in [-0.1, -0.05) is 17.7 Å². The first-order valence-corrected chi connectivity index (χ1v) is 9.63. The lowest BCUT2D eigenvalue weighted by molar-refractivity contribution is -0.112. The summed E-state index contributed by atoms with van der Waals surface area (Å²) in [5.41, 5.74) is 6.98. The van der Waals surface area contributed by atoms with Crippen molar-refractivity contribution in [3.05, 3.63) is 87.2 Å². The van der Waals surface area contributed by atoms with Gasteiger partial charge in [0.15, 0.2) is 0 Å². The molecular formula is C24H22ClN3O. The molecule has 4 nitrogen and oxygen atoms in total. The first-order valence-electron chi connectivity index (χ1n) is 9.25. The van der Waals surface area contributed by atoms with Crippen molar-refractivity contribution >= 4 is 29.3 Å². The van der Waals surface area contributed by atoms with Crippen LogP contribution >= 0.6 is 11.6 Å². The summed E-state index contributed by atoms with van der Waals surface area (Å²) in [6, 6.07) is 17.1. The Bertz CT molecular complexity index is 1150. The number of carbonyl (C=O) groups is 1. The molecule has 1 aromatic heterocycles. The number of rotatable bonds is 4. The standard InChI is InChI=1S/C24H22ClN3O/c1-15-5-10-23(11-16(15)2)28-17(3)12-19(18(28)4)13-20(14-26)24(29)27-22-8-6-21(25)7-9-22/h5-13H,1-4H3,(H,27,29). The molecule has 5 heteroatoms. The molecule has 0 aliphatic heterocycles. The summed E-state index contributed by atoms with van der Waals surface area (Å²) in [6.45, 7) is 8.17. The number of hydrogen-bond acceptors (Lipinski definition) is 2. The molecule has 0 radical (unpaired) electrons. The molecule has 3 aromatic rings. The Labute approximate surface area is 176 Å². The Morgan fingerprint density at radius 3 is 2.34 bits per heavy atom. The maximum Gasteiger partial charge on any atom is 0.266 e. The molecule has 0 saturated heterocycles. The molecule has 2 aromatic carbocycles. The second-order valence-corrected chi connectivity index (χ2v) is 7.50. The molecular weight excluding hydrogens is 382 g/mol. The normalized spacial score (nSPS) is 11.2. The monoisotopic (exact) mass is 403 g/mol. The van der Waals surface area contributed by atoms with Crippen LogP contribution in [0.5, 0.6) is 0 Å². The largest absolute Gasteiger partial charge is 0.321 e. The van der Waals surface area contributed by atoms with Crippen molar-refractivity contribution in [1.82, 2.24) is 4.57 Å². The molecule has 146 valence electrons. The average molecular weight is 404 g/mol. The number of amides is 1. The SMILES string of the molecule is Cc1ccc(-n2c(C)cc(C=C(C#N)C(=O)Nc3ccc(Cl)cc3)c2C)cc1C. The Morgan fingerprint density at radius 1 is 1.03 bits per heavy atom. The molecule has 0 atom stereocenters. The molecule has 0 spiro atoms. The van der Waals surface area contributed by atoms with E-state index < -0.39 is 5.91 Å². The summed E-state index contributed by atoms with van der Waals surface area (Å²) in [7, 11) is 0. The highest BCUT2D eigenvalue weighted by Crippen LogP contribution is 2.24. The second kappa shape index (κ2) is 8.38. The van der Waals surface area contributed by atoms with E-state index in [2.05, 4.69) is 41.9 Å². The number of aromatic nitrogens is 1. The fraction of sp³-hybridized carbons (Fsp3) is 0.167. The quantitative estimate of drug-likeness (QED) is 0.434. The smallest absolute Gasteiger partial charge is 0.266 e. The van der Waals surface area contributed by atoms with Crippen LogP contribution in [-0.4, -0.2) is 10.5 Å². The van der Waals surface area contributed by atoms with Crippen molar-refractivity contribution in [3.8, 4) is 11.8 Å². The van der Waals surface area contributed by atoms with Gasteiger partial charge in [-0.15, -0.1) is 0 Å². The number of carbonyl (C=O) groups excluding carboxylic acids is 1. The fourth-order valence-corrected chi connectivity index (χ4v) is 3.36. The zero-order valence-electron chi connectivity index (χ0n) is 16.9. The van der Waals surface area contributed by atoms with Crippen molar-refractivity contribution in [2.45, 2.75) is 27.7 Å². The molecule has 0 saturated carbocycles. The van der Waals surface area contributed by atoms with Gasteiger partial charge in [0.25, 0.3) is 5.91 Å². The van der Waals surface area contributed by atoms with Crippen LogP contribution in [0.15, 0.2) is 54.1 Å². The van der Waals surface area contributed by atoms with E-state index >= 15 is 0 Å². The summed E-state index contributed by atoms with van der Waals surface area (Å²) in [4.78, 5) is 12.5. The predicted octanol–water partition coefficient (Wildman–Crippen LogP) is 5.91. The van der Waals surface area contributed by atoms with E-state index in [-0.39, 0.29) is 5.57 Å². The number of halogens is 1. The zero-order chi connectivity index (χ0) is 21.1. The van der Waals surface area contributed by atoms with E-state index in [1.54, 1.807) is 30.3 Å². The van der Waals surface area contributed by atoms with E-state index in [1.165, 1.54) is 11.1 Å². The fourth-order valence-electron chi connectivity index (χ4n) is 3.23. The number of nitrogens with one attached hydrogen (secondary N) is 1. The molecule has 1 N–H and O–H groups in total. The summed E-state index contributed by atoms with van der Waals surface area (Å²) >= 11 is 5.87. The molecule has 1 amide bonds. The third kappa shape index (κ3) is 4.42. The summed E-state index contributed by atoms with van der Waals surface area (Å²) < 4.78 is 2.13. The zero-order valence-corrected chi connectivity index (χ0v) is 17.6. The number of nitrogens with zero attached hydrogens (tertiary/aromatic N) is 2. The predicted molar refractivity (Wildman–Crippen MR) is 118 cm³/mol. The van der Waals surface area contributed by atoms with Gasteiger partial charge in [0, 0.05) is 27.8 Å². The van der Waals surface area contributed by atoms with Crippen LogP contribution in [0.2, 0.25) is 5.02 Å². The highest BCUT2D eigenvalue weighted by Gasteiger charge is 2.14. The van der Waals surface area contributed by atoms with Crippen LogP contribution in [0, 0.1) is 39.0 Å². The van der Waals surface area contributed by atoms with Crippen molar-refractivity contribution < 1.29 is 4.79 Å². The lowest BCUT2D eigenvalue weighted by Gasteiger charge is -2.12. The molecule has 0 fully saturated rings. The maximum absolute atomic E-state index is 12.5. The van der Waals surface area contributed by atoms with Gasteiger partial charge >= 0.3 is 0 Å². The van der Waals surface area contributed by atoms with E-state index in [9.17, 15) is 10.1 Å². The molecule has 1 heterocycles. The highest BCUT2D eigenvalue weighted by molar-refractivity contribution is 6.30. The summed E-state index contributed by atoms with van der Waals surface area (Å²) in [5.74, 6) is -0.453. The minimum atomic E-state index is -0.453. The molecule has 0 aliphatic rings. The van der Waals surface area contributed by atoms with Crippen LogP contribution in [0.25, 0.3) is 11.8 Å². The van der Waals surface area contributed by atoms with Gasteiger partial charge in [-0.2, -0.15) is 5.26 Å². The minimum Gasteiger partial charge on any atom is -0.321 e. The Hall–Kier alpha value is -3.29. The molecule has 0 unspecified atom stereocenters. The third-order valence-electron chi connectivity index (χ3n) is 4.99. The van der Waals surface area contributed by atoms with Crippen LogP contribution in [-0.2, 0) is 4.79 Å². The molecule has 0 bridgehead atoms. The van der Waals surface area contributed by atoms with Crippen LogP contribution < -0.4 is 5.32 Å². The van der Waals surface area contributed by atoms with Crippen LogP contribution in [0.3, 0.4) is 0 Å². The van der Waals surface area contributed by atoms with Gasteiger partial charge in [-0.3, -0.25) is 4.79 Å². The lowest BCUT2D eigenvalue weighted by Crippen LogP contribution is -2.13. The van der Waals surface area contributed by atoms with E-state index in [0.29, 0.717) is 10.7 Å². The Kier molecular flexibility index (Phi) is 5.91. The lowest BCUT2D eigenvalue weighted by atomic mass is 10.1. The van der Waals surface area contributed by atoms with Gasteiger partial charge in [-0.25, -0.2) is 0 Å². The number of hydrogen-bond donors (Lipinski definition) is 1. The van der Waals surface area contributed by atoms with Crippen LogP contribution in [0.4, 0.5) is 5.69 Å². The van der Waals surface area contributed by atoms with Crippen molar-refractivity contribution in [1.29, 1.82) is 5.26 Å². The first kappa shape index (κ1) is 20.4. The van der Waals surface area contributed by atoms with Gasteiger partial charge in [0.1, 0.15) is 11.6 Å². The topological polar surface area (TPSA) is 57.8 Å². The van der Waals surface area contributed by atoms with Gasteiger partial charge in [0.2, 0.25) is 0 Å². The Balaban J connectivity index is 1.94. The highest BCUT2D eigenvalue weighted by atomic mass is 35.5. The van der Waals surface area contributed by atoms with Gasteiger partial charge in [0.05, 0.1) is 0 Å². The van der Waals surface area contributed by atoms with Gasteiger partial charge in [-0.05, 0) is 92.9 Å². The molecule has 0 aliphatic carbocycles. The first-order chi connectivity index (χ1) is 13.8. The summed E-state index contributed by atoms with van der Waals surface area (Å²) in [5, 5.41) is 12.8. The third-order valence-corrected chi connectivity index (χ3v) is 5.24. The molecule has 3 rings (SSSR count). The second-order valence-electron chi connectivity index (χ2n) is 7.06. The van der Waals surface area contributed by atoms with Gasteiger partial charge < -0.3 is 9.88 Å². The van der Waals surface area contributed by atoms with E-state index in [1.807, 2.05) is 26.0 Å². The average Bonchev–Trinajstić information content (AvgIpc) is 2.97. The minimum absolute atomic E-state index is 0.0419. The number of nitriles is 1. The van der Waals surface area contributed by atoms with Crippen molar-refractivity contribution in [3.63, 3.8) is 0 Å². The number of anilines is 1. The summed E-state index contributed by atoms with van der Waals surface area (Å²) in [6.07, 6.45) is 1.63. The van der Waals surface area contributed by atoms with E-state index in [4.69, 9.17) is 11.6 Å². The van der Waals surface area contributed by atoms with E-state index in [0.717, 1.165) is 22.6 Å². The molecule has 29 heavy (non-hydrogen) atoms. The maximum atomic E-state index is 12.5.